The van der Waals surface area contributed by atoms with E-state index in [-0.39, 0.29) is 35.6 Å². The molecule has 9 nitrogen and oxygen atoms in total. The molecule has 2 aliphatic carbocycles. The molecular weight excluding hydrogens is 826 g/mol. The van der Waals surface area contributed by atoms with Crippen LogP contribution in [-0.4, -0.2) is 69.9 Å². The molecule has 0 aromatic heterocycles. The third kappa shape index (κ3) is 5.68. The van der Waals surface area contributed by atoms with E-state index >= 15 is 0 Å². The Morgan fingerprint density at radius 1 is 0.608 bits per heavy atom. The van der Waals surface area contributed by atoms with Crippen molar-refractivity contribution in [2.45, 2.75) is 151 Å². The van der Waals surface area contributed by atoms with Crippen LogP contribution in [0.3, 0.4) is 0 Å². The van der Waals surface area contributed by atoms with Crippen LogP contribution in [0.25, 0.3) is 0 Å². The Kier molecular flexibility index (Phi) is 9.93. The fraction of sp³-hybridized carbons (Fsp3) is 1.00. The average molecular weight is 875 g/mol. The minimum atomic E-state index is -4.70. The fourth-order valence-electron chi connectivity index (χ4n) is 10.9. The molecule has 0 aromatic carbocycles. The Balaban J connectivity index is 0.000000160. The van der Waals surface area contributed by atoms with Gasteiger partial charge in [0.2, 0.25) is 16.1 Å². The van der Waals surface area contributed by atoms with Gasteiger partial charge in [-0.25, -0.2) is 19.6 Å². The highest BCUT2D eigenvalue weighted by Crippen LogP contribution is 2.66. The highest BCUT2D eigenvalue weighted by atomic mass is 79.9. The van der Waals surface area contributed by atoms with E-state index < -0.39 is 75.8 Å². The molecular formula is C34H48Br2F6O9. The number of alkyl halides is 8. The summed E-state index contributed by atoms with van der Waals surface area (Å²) >= 11 is 6.02. The molecule has 4 bridgehead atoms. The van der Waals surface area contributed by atoms with Crippen LogP contribution in [0.2, 0.25) is 0 Å². The second-order valence-electron chi connectivity index (χ2n) is 16.5. The number of fused-ring (bicyclic) bond motifs is 4. The number of hydrogen-bond acceptors (Lipinski definition) is 9. The third-order valence-corrected chi connectivity index (χ3v) is 15.4. The van der Waals surface area contributed by atoms with Gasteiger partial charge in [0, 0.05) is 41.8 Å². The normalized spacial score (nSPS) is 54.7. The zero-order valence-corrected chi connectivity index (χ0v) is 32.7. The number of ether oxygens (including phenoxy) is 5. The second kappa shape index (κ2) is 12.9. The quantitative estimate of drug-likeness (QED) is 0.157. The van der Waals surface area contributed by atoms with Gasteiger partial charge in [0.25, 0.3) is 5.79 Å². The molecule has 0 N–H and O–H groups in total. The van der Waals surface area contributed by atoms with Gasteiger partial charge in [-0.3, -0.25) is 0 Å². The SMILES string of the molecule is C[C@@H]1CC[C@H]2[C@@H](C)[C@](Br)(C(F)(F)F)O[C@@H]3O[C@]4(C)CC[C@@H]1[C@]32OO4.C[C@@H]1CC[C@H]2[C@@H](C)[C@](OCCBr)(C(F)(F)F)O[C@@H]3O[C@]4(C)CC[C@@H]1[C@]32OO4. The summed E-state index contributed by atoms with van der Waals surface area (Å²) in [4.78, 5) is 22.9. The van der Waals surface area contributed by atoms with Gasteiger partial charge in [-0.2, -0.15) is 26.3 Å². The molecule has 17 heteroatoms. The first-order chi connectivity index (χ1) is 23.6. The van der Waals surface area contributed by atoms with Gasteiger partial charge in [0.1, 0.15) is 0 Å². The molecule has 10 rings (SSSR count). The van der Waals surface area contributed by atoms with Crippen molar-refractivity contribution in [2.75, 3.05) is 11.9 Å². The van der Waals surface area contributed by atoms with E-state index in [1.54, 1.807) is 27.7 Å². The van der Waals surface area contributed by atoms with Crippen LogP contribution in [0, 0.1) is 47.3 Å². The van der Waals surface area contributed by atoms with E-state index in [4.69, 9.17) is 43.2 Å². The summed E-state index contributed by atoms with van der Waals surface area (Å²) in [5.41, 5.74) is -2.02. The number of rotatable bonds is 3. The Bertz CT molecular complexity index is 1330. The fourth-order valence-corrected chi connectivity index (χ4v) is 11.6. The van der Waals surface area contributed by atoms with E-state index in [1.165, 1.54) is 0 Å². The zero-order chi connectivity index (χ0) is 37.2. The molecule has 2 spiro atoms. The zero-order valence-electron chi connectivity index (χ0n) is 29.5. The molecule has 0 unspecified atom stereocenters. The van der Waals surface area contributed by atoms with Gasteiger partial charge in [-0.15, -0.1) is 0 Å². The van der Waals surface area contributed by atoms with Crippen molar-refractivity contribution in [3.63, 3.8) is 0 Å². The monoisotopic (exact) mass is 872 g/mol. The summed E-state index contributed by atoms with van der Waals surface area (Å²) in [6, 6.07) is 0. The van der Waals surface area contributed by atoms with Crippen LogP contribution in [0.1, 0.15) is 92.9 Å². The molecule has 10 fully saturated rings. The lowest BCUT2D eigenvalue weighted by atomic mass is 9.57. The van der Waals surface area contributed by atoms with E-state index in [1.807, 2.05) is 0 Å². The van der Waals surface area contributed by atoms with Crippen LogP contribution >= 0.6 is 31.9 Å². The van der Waals surface area contributed by atoms with Crippen LogP contribution in [0.15, 0.2) is 0 Å². The smallest absolute Gasteiger partial charge is 0.341 e. The summed E-state index contributed by atoms with van der Waals surface area (Å²) in [7, 11) is 0. The lowest BCUT2D eigenvalue weighted by Gasteiger charge is -2.62. The van der Waals surface area contributed by atoms with Crippen LogP contribution in [0.5, 0.6) is 0 Å². The molecule has 0 radical (unpaired) electrons. The van der Waals surface area contributed by atoms with Gasteiger partial charge < -0.3 is 23.7 Å². The van der Waals surface area contributed by atoms with Crippen molar-refractivity contribution < 1.29 is 69.6 Å². The van der Waals surface area contributed by atoms with Gasteiger partial charge in [-0.1, -0.05) is 43.6 Å². The van der Waals surface area contributed by atoms with Gasteiger partial charge in [0.15, 0.2) is 23.8 Å². The van der Waals surface area contributed by atoms with Crippen molar-refractivity contribution in [1.29, 1.82) is 0 Å². The van der Waals surface area contributed by atoms with Crippen molar-refractivity contribution in [2.24, 2.45) is 47.3 Å². The van der Waals surface area contributed by atoms with Crippen LogP contribution < -0.4 is 0 Å². The van der Waals surface area contributed by atoms with Gasteiger partial charge >= 0.3 is 12.4 Å². The molecule has 8 heterocycles. The highest BCUT2D eigenvalue weighted by Gasteiger charge is 2.78. The minimum Gasteiger partial charge on any atom is -0.341 e. The first-order valence-electron chi connectivity index (χ1n) is 18.1. The van der Waals surface area contributed by atoms with E-state index in [2.05, 4.69) is 45.7 Å². The third-order valence-electron chi connectivity index (χ3n) is 13.7. The van der Waals surface area contributed by atoms with E-state index in [0.29, 0.717) is 31.6 Å². The molecule has 8 aliphatic heterocycles. The topological polar surface area (TPSA) is 83.1 Å². The summed E-state index contributed by atoms with van der Waals surface area (Å²) in [6.07, 6.45) is -5.95. The molecule has 8 saturated heterocycles. The van der Waals surface area contributed by atoms with Gasteiger partial charge in [-0.05, 0) is 92.0 Å². The maximum absolute atomic E-state index is 14.3. The largest absolute Gasteiger partial charge is 0.443 e. The molecule has 10 aliphatic rings. The Hall–Kier alpha value is 0.180. The van der Waals surface area contributed by atoms with Crippen LogP contribution in [0.4, 0.5) is 26.3 Å². The summed E-state index contributed by atoms with van der Waals surface area (Å²) < 4.78 is 110. The summed E-state index contributed by atoms with van der Waals surface area (Å²) in [5.74, 6) is -6.84. The van der Waals surface area contributed by atoms with Crippen molar-refractivity contribution in [3.05, 3.63) is 0 Å². The molecule has 294 valence electrons. The molecule has 0 amide bonds. The summed E-state index contributed by atoms with van der Waals surface area (Å²) in [5, 5.41) is 0.277. The molecule has 0 aromatic rings. The Labute approximate surface area is 310 Å². The van der Waals surface area contributed by atoms with Crippen molar-refractivity contribution >= 4 is 31.9 Å². The highest BCUT2D eigenvalue weighted by molar-refractivity contribution is 9.10. The van der Waals surface area contributed by atoms with E-state index in [0.717, 1.165) is 25.7 Å². The molecule has 51 heavy (non-hydrogen) atoms. The number of halogens is 8. The maximum Gasteiger partial charge on any atom is 0.443 e. The molecule has 2 saturated carbocycles. The first-order valence-corrected chi connectivity index (χ1v) is 20.0. The average Bonchev–Trinajstić information content (AvgIpc) is 3.41. The summed E-state index contributed by atoms with van der Waals surface area (Å²) in [6.45, 7) is 10.6. The minimum absolute atomic E-state index is 0.00966. The standard InChI is InChI=1S/C18H26BrF3O5.C16H22BrF3O4/c1-10-4-5-13-11(2)17(18(20,21)22,23-9-8-19)25-14-16(13)12(10)6-7-15(3,24-14)26-27-16;1-8-4-5-11-9(2)15(17,16(18,19)20)22-12-14(11)10(8)6-7-13(3,21-12)23-24-14/h10-14H,4-9H2,1-3H3;8-12H,4-7H2,1-3H3/t10-,11-,12+,13+,14+,15+,16-,17-;8-,9-,10+,11+,12+,13+,14-,15-/m11/s1. The first kappa shape index (κ1) is 39.4. The van der Waals surface area contributed by atoms with Crippen molar-refractivity contribution in [1.82, 2.24) is 0 Å². The van der Waals surface area contributed by atoms with Crippen molar-refractivity contribution in [3.8, 4) is 0 Å². The Morgan fingerprint density at radius 3 is 1.53 bits per heavy atom. The maximum atomic E-state index is 14.3. The van der Waals surface area contributed by atoms with Gasteiger partial charge in [0.05, 0.1) is 6.61 Å². The predicted octanol–water partition coefficient (Wildman–Crippen LogP) is 9.06. The second-order valence-corrected chi connectivity index (χ2v) is 18.4. The Morgan fingerprint density at radius 2 is 1.08 bits per heavy atom. The predicted molar refractivity (Wildman–Crippen MR) is 172 cm³/mol. The molecule has 16 atom stereocenters. The lowest BCUT2D eigenvalue weighted by molar-refractivity contribution is -0.598. The lowest BCUT2D eigenvalue weighted by Crippen LogP contribution is -2.76. The van der Waals surface area contributed by atoms with Crippen LogP contribution in [-0.2, 0) is 43.2 Å². The van der Waals surface area contributed by atoms with E-state index in [9.17, 15) is 26.3 Å². The number of hydrogen-bond donors (Lipinski definition) is 0.